The fourth-order valence-electron chi connectivity index (χ4n) is 2.76. The molecule has 0 aliphatic heterocycles. The molecule has 0 aromatic carbocycles. The van der Waals surface area contributed by atoms with Gasteiger partial charge in [0, 0.05) is 25.9 Å². The number of hydrogen-bond donors (Lipinski definition) is 1. The topological polar surface area (TPSA) is 81.3 Å². The summed E-state index contributed by atoms with van der Waals surface area (Å²) >= 11 is 1.42. The van der Waals surface area contributed by atoms with Gasteiger partial charge in [-0.25, -0.2) is 0 Å². The Morgan fingerprint density at radius 1 is 1.44 bits per heavy atom. The largest absolute Gasteiger partial charge is 0.353 e. The molecule has 0 saturated heterocycles. The molecule has 3 rings (SSSR count). The number of unbranched alkanes of at least 4 members (excludes halogenated alkanes) is 1. The van der Waals surface area contributed by atoms with E-state index < -0.39 is 0 Å². The number of fused-ring (bicyclic) bond motifs is 3. The maximum Gasteiger partial charge on any atom is 0.272 e. The lowest BCUT2D eigenvalue weighted by atomic mass is 10.2. The molecule has 25 heavy (non-hydrogen) atoms. The van der Waals surface area contributed by atoms with E-state index in [1.807, 2.05) is 15.8 Å². The number of thiophene rings is 1. The minimum atomic E-state index is -0.0579. The first kappa shape index (κ1) is 17.3. The van der Waals surface area contributed by atoms with Crippen LogP contribution in [0.15, 0.2) is 28.9 Å². The van der Waals surface area contributed by atoms with Crippen LogP contribution in [0.3, 0.4) is 0 Å². The molecule has 8 heteroatoms. The molecule has 0 fully saturated rings. The highest BCUT2D eigenvalue weighted by Crippen LogP contribution is 2.20. The van der Waals surface area contributed by atoms with Crippen molar-refractivity contribution >= 4 is 33.2 Å². The van der Waals surface area contributed by atoms with Gasteiger partial charge in [0.2, 0.25) is 11.7 Å². The molecule has 132 valence electrons. The van der Waals surface area contributed by atoms with Crippen LogP contribution in [0.1, 0.15) is 32.0 Å². The summed E-state index contributed by atoms with van der Waals surface area (Å²) < 4.78 is 4.29. The van der Waals surface area contributed by atoms with Gasteiger partial charge in [0.25, 0.3) is 5.56 Å². The maximum atomic E-state index is 12.7. The Morgan fingerprint density at radius 2 is 2.28 bits per heavy atom. The predicted octanol–water partition coefficient (Wildman–Crippen LogP) is 2.14. The molecule has 0 aliphatic rings. The predicted molar refractivity (Wildman–Crippen MR) is 99.1 cm³/mol. The van der Waals surface area contributed by atoms with Gasteiger partial charge in [0.1, 0.15) is 10.5 Å². The molecular formula is C17H21N5O2S. The van der Waals surface area contributed by atoms with Gasteiger partial charge in [-0.15, -0.1) is 28.1 Å². The van der Waals surface area contributed by atoms with Crippen molar-refractivity contribution in [2.75, 3.05) is 6.54 Å². The second-order valence-electron chi connectivity index (χ2n) is 5.79. The smallest absolute Gasteiger partial charge is 0.272 e. The van der Waals surface area contributed by atoms with E-state index in [1.54, 1.807) is 10.6 Å². The van der Waals surface area contributed by atoms with Crippen molar-refractivity contribution < 1.29 is 4.79 Å². The quantitative estimate of drug-likeness (QED) is 0.625. The Kier molecular flexibility index (Phi) is 5.28. The lowest BCUT2D eigenvalue weighted by Gasteiger charge is -2.09. The fraction of sp³-hybridized carbons (Fsp3) is 0.412. The van der Waals surface area contributed by atoms with Gasteiger partial charge in [-0.3, -0.25) is 18.6 Å². The standard InChI is InChI=1S/C17H21N5O2S/c1-3-5-10-21-16(24)15-12(8-11-25-15)22-13(19-20-17(21)22)6-7-14(23)18-9-4-2/h4,8,11H,2-3,5-7,9-10H2,1H3,(H,18,23). The normalized spacial score (nSPS) is 11.2. The third-order valence-electron chi connectivity index (χ3n) is 4.03. The van der Waals surface area contributed by atoms with E-state index in [4.69, 9.17) is 0 Å². The van der Waals surface area contributed by atoms with Crippen molar-refractivity contribution in [1.29, 1.82) is 0 Å². The van der Waals surface area contributed by atoms with Crippen LogP contribution in [0.25, 0.3) is 16.0 Å². The van der Waals surface area contributed by atoms with Crippen LogP contribution in [0.2, 0.25) is 0 Å². The first-order valence-corrected chi connectivity index (χ1v) is 9.27. The van der Waals surface area contributed by atoms with Crippen molar-refractivity contribution in [3.8, 4) is 0 Å². The number of nitrogens with zero attached hydrogens (tertiary/aromatic N) is 4. The first-order chi connectivity index (χ1) is 12.2. The average molecular weight is 359 g/mol. The molecule has 0 atom stereocenters. The zero-order valence-electron chi connectivity index (χ0n) is 14.2. The van der Waals surface area contributed by atoms with Crippen LogP contribution in [0.4, 0.5) is 0 Å². The second-order valence-corrected chi connectivity index (χ2v) is 6.71. The lowest BCUT2D eigenvalue weighted by molar-refractivity contribution is -0.120. The SMILES string of the molecule is C=CCNC(=O)CCc1nnc2n(CCCC)c(=O)c3sccc3n12. The lowest BCUT2D eigenvalue weighted by Crippen LogP contribution is -2.24. The third kappa shape index (κ3) is 3.34. The van der Waals surface area contributed by atoms with Crippen LogP contribution in [-0.4, -0.2) is 31.6 Å². The van der Waals surface area contributed by atoms with E-state index in [0.717, 1.165) is 18.4 Å². The number of amides is 1. The summed E-state index contributed by atoms with van der Waals surface area (Å²) in [6, 6.07) is 1.91. The van der Waals surface area contributed by atoms with Gasteiger partial charge in [-0.2, -0.15) is 0 Å². The maximum absolute atomic E-state index is 12.7. The Morgan fingerprint density at radius 3 is 3.04 bits per heavy atom. The van der Waals surface area contributed by atoms with Crippen LogP contribution in [0.5, 0.6) is 0 Å². The monoisotopic (exact) mass is 359 g/mol. The summed E-state index contributed by atoms with van der Waals surface area (Å²) in [7, 11) is 0. The van der Waals surface area contributed by atoms with E-state index in [-0.39, 0.29) is 11.5 Å². The molecule has 0 aliphatic carbocycles. The van der Waals surface area contributed by atoms with Crippen molar-refractivity contribution in [3.63, 3.8) is 0 Å². The zero-order valence-corrected chi connectivity index (χ0v) is 15.0. The van der Waals surface area contributed by atoms with Gasteiger partial charge in [-0.1, -0.05) is 19.4 Å². The minimum Gasteiger partial charge on any atom is -0.353 e. The minimum absolute atomic E-state index is 0.0198. The third-order valence-corrected chi connectivity index (χ3v) is 4.93. The summed E-state index contributed by atoms with van der Waals surface area (Å²) in [5, 5.41) is 13.1. The van der Waals surface area contributed by atoms with Gasteiger partial charge in [0.05, 0.1) is 5.52 Å². The Labute approximate surface area is 149 Å². The molecule has 3 aromatic rings. The Balaban J connectivity index is 2.01. The van der Waals surface area contributed by atoms with Gasteiger partial charge < -0.3 is 5.32 Å². The van der Waals surface area contributed by atoms with Gasteiger partial charge >= 0.3 is 0 Å². The summed E-state index contributed by atoms with van der Waals surface area (Å²) in [6.45, 7) is 6.73. The average Bonchev–Trinajstić information content (AvgIpc) is 3.24. The highest BCUT2D eigenvalue weighted by Gasteiger charge is 2.17. The fourth-order valence-corrected chi connectivity index (χ4v) is 3.58. The molecule has 3 aromatic heterocycles. The molecule has 0 radical (unpaired) electrons. The molecule has 0 bridgehead atoms. The first-order valence-electron chi connectivity index (χ1n) is 8.39. The van der Waals surface area contributed by atoms with Crippen molar-refractivity contribution in [3.05, 3.63) is 40.3 Å². The Bertz CT molecular complexity index is 969. The summed E-state index contributed by atoms with van der Waals surface area (Å²) in [6.07, 6.45) is 4.31. The second kappa shape index (κ2) is 7.60. The number of nitrogens with one attached hydrogen (secondary N) is 1. The van der Waals surface area contributed by atoms with Crippen LogP contribution in [0, 0.1) is 0 Å². The van der Waals surface area contributed by atoms with Crippen LogP contribution >= 0.6 is 11.3 Å². The summed E-state index contributed by atoms with van der Waals surface area (Å²) in [5.41, 5.74) is 0.790. The van der Waals surface area contributed by atoms with E-state index in [2.05, 4.69) is 29.0 Å². The van der Waals surface area contributed by atoms with E-state index in [0.29, 0.717) is 42.2 Å². The summed E-state index contributed by atoms with van der Waals surface area (Å²) in [5.74, 6) is 1.18. The van der Waals surface area contributed by atoms with Crippen molar-refractivity contribution in [2.45, 2.75) is 39.2 Å². The van der Waals surface area contributed by atoms with Gasteiger partial charge in [-0.05, 0) is 17.9 Å². The number of carbonyl (C=O) groups excluding carboxylic acids is 1. The molecule has 0 unspecified atom stereocenters. The summed E-state index contributed by atoms with van der Waals surface area (Å²) in [4.78, 5) is 24.6. The van der Waals surface area contributed by atoms with Crippen LogP contribution < -0.4 is 10.9 Å². The molecular weight excluding hydrogens is 338 g/mol. The van der Waals surface area contributed by atoms with E-state index >= 15 is 0 Å². The molecule has 1 N–H and O–H groups in total. The molecule has 3 heterocycles. The van der Waals surface area contributed by atoms with E-state index in [1.165, 1.54) is 11.3 Å². The number of carbonyl (C=O) groups is 1. The number of aromatic nitrogens is 4. The Hall–Kier alpha value is -2.48. The van der Waals surface area contributed by atoms with Crippen LogP contribution in [-0.2, 0) is 17.8 Å². The molecule has 0 saturated carbocycles. The highest BCUT2D eigenvalue weighted by molar-refractivity contribution is 7.17. The highest BCUT2D eigenvalue weighted by atomic mass is 32.1. The zero-order chi connectivity index (χ0) is 17.8. The molecule has 0 spiro atoms. The number of hydrogen-bond acceptors (Lipinski definition) is 5. The van der Waals surface area contributed by atoms with Gasteiger partial charge in [0.15, 0.2) is 0 Å². The number of aryl methyl sites for hydroxylation is 2. The molecule has 1 amide bonds. The van der Waals surface area contributed by atoms with E-state index in [9.17, 15) is 9.59 Å². The number of rotatable bonds is 8. The van der Waals surface area contributed by atoms with Crippen molar-refractivity contribution in [2.24, 2.45) is 0 Å². The molecule has 7 nitrogen and oxygen atoms in total. The van der Waals surface area contributed by atoms with Crippen molar-refractivity contribution in [1.82, 2.24) is 24.5 Å².